The van der Waals surface area contributed by atoms with Gasteiger partial charge in [-0.3, -0.25) is 0 Å². The van der Waals surface area contributed by atoms with Gasteiger partial charge in [-0.2, -0.15) is 0 Å². The van der Waals surface area contributed by atoms with Crippen LogP contribution in [0.15, 0.2) is 18.2 Å². The minimum Gasteiger partial charge on any atom is -0.490 e. The fourth-order valence-electron chi connectivity index (χ4n) is 1.95. The average Bonchev–Trinajstić information content (AvgIpc) is 2.29. The van der Waals surface area contributed by atoms with E-state index < -0.39 is 0 Å². The number of nitrogens with zero attached hydrogens (tertiary/aromatic N) is 1. The Hall–Kier alpha value is -1.22. The molecule has 0 radical (unpaired) electrons. The molecule has 1 aliphatic rings. The molecule has 2 N–H and O–H groups in total. The molecule has 1 heterocycles. The summed E-state index contributed by atoms with van der Waals surface area (Å²) in [5.41, 5.74) is 8.01. The summed E-state index contributed by atoms with van der Waals surface area (Å²) in [5, 5.41) is 0. The van der Waals surface area contributed by atoms with E-state index in [1.807, 2.05) is 12.1 Å². The monoisotopic (exact) mass is 206 g/mol. The highest BCUT2D eigenvalue weighted by molar-refractivity contribution is 5.61. The number of rotatable bonds is 3. The smallest absolute Gasteiger partial charge is 0.142 e. The molecule has 3 heteroatoms. The number of ether oxygens (including phenoxy) is 1. The summed E-state index contributed by atoms with van der Waals surface area (Å²) in [6, 6.07) is 6.21. The lowest BCUT2D eigenvalue weighted by molar-refractivity contribution is 0.307. The second-order valence-corrected chi connectivity index (χ2v) is 3.84. The molecule has 0 saturated heterocycles. The Bertz CT molecular complexity index is 338. The molecule has 2 rings (SSSR count). The topological polar surface area (TPSA) is 38.5 Å². The van der Waals surface area contributed by atoms with Crippen LogP contribution in [0, 0.1) is 0 Å². The second-order valence-electron chi connectivity index (χ2n) is 3.84. The van der Waals surface area contributed by atoms with Gasteiger partial charge in [0.15, 0.2) is 0 Å². The Balaban J connectivity index is 2.30. The van der Waals surface area contributed by atoms with Gasteiger partial charge in [-0.05, 0) is 24.1 Å². The lowest BCUT2D eigenvalue weighted by atomic mass is 10.1. The number of anilines is 1. The molecule has 0 aromatic heterocycles. The van der Waals surface area contributed by atoms with Crippen LogP contribution in [0.2, 0.25) is 0 Å². The molecule has 0 fully saturated rings. The molecule has 0 atom stereocenters. The van der Waals surface area contributed by atoms with Crippen LogP contribution in [0.5, 0.6) is 5.75 Å². The highest BCUT2D eigenvalue weighted by Gasteiger charge is 2.17. The van der Waals surface area contributed by atoms with Crippen molar-refractivity contribution in [1.29, 1.82) is 0 Å². The van der Waals surface area contributed by atoms with Crippen LogP contribution in [0.25, 0.3) is 0 Å². The predicted molar refractivity (Wildman–Crippen MR) is 62.3 cm³/mol. The van der Waals surface area contributed by atoms with Crippen molar-refractivity contribution in [1.82, 2.24) is 0 Å². The Kier molecular flexibility index (Phi) is 3.11. The number of hydrogen-bond donors (Lipinski definition) is 1. The zero-order valence-corrected chi connectivity index (χ0v) is 9.20. The summed E-state index contributed by atoms with van der Waals surface area (Å²) >= 11 is 0. The number of nitrogens with two attached hydrogens (primary N) is 1. The van der Waals surface area contributed by atoms with Crippen molar-refractivity contribution in [3.63, 3.8) is 0 Å². The van der Waals surface area contributed by atoms with E-state index in [-0.39, 0.29) is 0 Å². The molecule has 3 nitrogen and oxygen atoms in total. The first-order valence-corrected chi connectivity index (χ1v) is 5.56. The van der Waals surface area contributed by atoms with Gasteiger partial charge >= 0.3 is 0 Å². The van der Waals surface area contributed by atoms with E-state index in [0.29, 0.717) is 6.54 Å². The van der Waals surface area contributed by atoms with E-state index >= 15 is 0 Å². The van der Waals surface area contributed by atoms with Crippen LogP contribution < -0.4 is 15.4 Å². The largest absolute Gasteiger partial charge is 0.490 e. The molecular weight excluding hydrogens is 188 g/mol. The van der Waals surface area contributed by atoms with E-state index in [4.69, 9.17) is 10.5 Å². The minimum atomic E-state index is 0.591. The van der Waals surface area contributed by atoms with Gasteiger partial charge < -0.3 is 15.4 Å². The summed E-state index contributed by atoms with van der Waals surface area (Å²) in [7, 11) is 0. The van der Waals surface area contributed by atoms with Crippen molar-refractivity contribution >= 4 is 5.69 Å². The summed E-state index contributed by atoms with van der Waals surface area (Å²) in [4.78, 5) is 2.37. The van der Waals surface area contributed by atoms with Crippen molar-refractivity contribution < 1.29 is 4.74 Å². The third-order valence-corrected chi connectivity index (χ3v) is 2.71. The minimum absolute atomic E-state index is 0.591. The Morgan fingerprint density at radius 2 is 2.33 bits per heavy atom. The summed E-state index contributed by atoms with van der Waals surface area (Å²) < 4.78 is 5.62. The molecular formula is C12H18N2O. The first kappa shape index (κ1) is 10.3. The van der Waals surface area contributed by atoms with Gasteiger partial charge in [0.25, 0.3) is 0 Å². The van der Waals surface area contributed by atoms with Gasteiger partial charge in [0.2, 0.25) is 0 Å². The third kappa shape index (κ3) is 2.07. The van der Waals surface area contributed by atoms with E-state index in [9.17, 15) is 0 Å². The molecule has 82 valence electrons. The van der Waals surface area contributed by atoms with Crippen molar-refractivity contribution in [3.8, 4) is 5.75 Å². The molecule has 0 bridgehead atoms. The molecule has 0 amide bonds. The van der Waals surface area contributed by atoms with Crippen LogP contribution in [0.4, 0.5) is 5.69 Å². The maximum Gasteiger partial charge on any atom is 0.142 e. The molecule has 15 heavy (non-hydrogen) atoms. The van der Waals surface area contributed by atoms with Gasteiger partial charge in [0.05, 0.1) is 12.2 Å². The summed E-state index contributed by atoms with van der Waals surface area (Å²) in [6.45, 7) is 5.64. The van der Waals surface area contributed by atoms with Crippen LogP contribution in [0.3, 0.4) is 0 Å². The lowest BCUT2D eigenvalue weighted by Gasteiger charge is -2.31. The van der Waals surface area contributed by atoms with E-state index in [2.05, 4.69) is 17.9 Å². The number of hydrogen-bond acceptors (Lipinski definition) is 3. The Morgan fingerprint density at radius 1 is 1.47 bits per heavy atom. The normalized spacial score (nSPS) is 14.7. The van der Waals surface area contributed by atoms with Crippen LogP contribution in [-0.2, 0) is 6.54 Å². The standard InChI is InChI=1S/C12H18N2O/c1-2-5-14-6-7-15-12-4-3-10(9-13)8-11(12)14/h3-4,8H,2,5-7,9,13H2,1H3. The van der Waals surface area contributed by atoms with Gasteiger partial charge in [-0.15, -0.1) is 0 Å². The SMILES string of the molecule is CCCN1CCOc2ccc(CN)cc21. The Labute approximate surface area is 90.8 Å². The molecule has 0 aliphatic carbocycles. The molecule has 0 unspecified atom stereocenters. The fourth-order valence-corrected chi connectivity index (χ4v) is 1.95. The first-order chi connectivity index (χ1) is 7.35. The number of fused-ring (bicyclic) bond motifs is 1. The summed E-state index contributed by atoms with van der Waals surface area (Å²) in [5.74, 6) is 0.993. The number of benzene rings is 1. The summed E-state index contributed by atoms with van der Waals surface area (Å²) in [6.07, 6.45) is 1.16. The van der Waals surface area contributed by atoms with E-state index in [1.165, 1.54) is 11.3 Å². The van der Waals surface area contributed by atoms with Gasteiger partial charge in [-0.25, -0.2) is 0 Å². The predicted octanol–water partition coefficient (Wildman–Crippen LogP) is 1.75. The fraction of sp³-hybridized carbons (Fsp3) is 0.500. The van der Waals surface area contributed by atoms with Crippen molar-refractivity contribution in [3.05, 3.63) is 23.8 Å². The van der Waals surface area contributed by atoms with Crippen LogP contribution in [-0.4, -0.2) is 19.7 Å². The molecule has 0 spiro atoms. The molecule has 0 saturated carbocycles. The van der Waals surface area contributed by atoms with E-state index in [0.717, 1.165) is 31.9 Å². The molecule has 1 aliphatic heterocycles. The van der Waals surface area contributed by atoms with Crippen molar-refractivity contribution in [2.45, 2.75) is 19.9 Å². The highest BCUT2D eigenvalue weighted by Crippen LogP contribution is 2.32. The van der Waals surface area contributed by atoms with E-state index in [1.54, 1.807) is 0 Å². The Morgan fingerprint density at radius 3 is 3.07 bits per heavy atom. The highest BCUT2D eigenvalue weighted by atomic mass is 16.5. The van der Waals surface area contributed by atoms with Gasteiger partial charge in [0.1, 0.15) is 12.4 Å². The van der Waals surface area contributed by atoms with Crippen LogP contribution in [0.1, 0.15) is 18.9 Å². The first-order valence-electron chi connectivity index (χ1n) is 5.56. The maximum absolute atomic E-state index is 5.64. The molecule has 1 aromatic rings. The van der Waals surface area contributed by atoms with Crippen molar-refractivity contribution in [2.75, 3.05) is 24.6 Å². The zero-order valence-electron chi connectivity index (χ0n) is 9.20. The lowest BCUT2D eigenvalue weighted by Crippen LogP contribution is -2.33. The maximum atomic E-state index is 5.64. The van der Waals surface area contributed by atoms with Crippen molar-refractivity contribution in [2.24, 2.45) is 5.73 Å². The van der Waals surface area contributed by atoms with Crippen LogP contribution >= 0.6 is 0 Å². The second kappa shape index (κ2) is 4.53. The quantitative estimate of drug-likeness (QED) is 0.819. The zero-order chi connectivity index (χ0) is 10.7. The molecule has 1 aromatic carbocycles. The van der Waals surface area contributed by atoms with Gasteiger partial charge in [-0.1, -0.05) is 13.0 Å². The van der Waals surface area contributed by atoms with Gasteiger partial charge in [0, 0.05) is 13.1 Å². The average molecular weight is 206 g/mol. The third-order valence-electron chi connectivity index (χ3n) is 2.71.